The Hall–Kier alpha value is -0.0800. The maximum absolute atomic E-state index is 10.9. The predicted molar refractivity (Wildman–Crippen MR) is 83.7 cm³/mol. The van der Waals surface area contributed by atoms with E-state index < -0.39 is 0 Å². The average Bonchev–Trinajstić information content (AvgIpc) is 2.77. The first-order valence-electron chi connectivity index (χ1n) is 9.33. The molecule has 21 heavy (non-hydrogen) atoms. The van der Waals surface area contributed by atoms with Crippen LogP contribution >= 0.6 is 0 Å². The molecule has 0 saturated heterocycles. The van der Waals surface area contributed by atoms with Gasteiger partial charge in [-0.05, 0) is 79.4 Å². The van der Waals surface area contributed by atoms with Crippen LogP contribution in [0.1, 0.15) is 71.6 Å². The second-order valence-electron chi connectivity index (χ2n) is 9.19. The van der Waals surface area contributed by atoms with Crippen molar-refractivity contribution in [1.82, 2.24) is 0 Å². The average molecular weight is 292 g/mol. The van der Waals surface area contributed by atoms with Gasteiger partial charge < -0.3 is 10.2 Å². The Bertz CT molecular complexity index is 422. The summed E-state index contributed by atoms with van der Waals surface area (Å²) in [4.78, 5) is 0. The third-order valence-electron chi connectivity index (χ3n) is 8.52. The van der Waals surface area contributed by atoms with Crippen LogP contribution in [0.5, 0.6) is 0 Å². The van der Waals surface area contributed by atoms with E-state index in [0.717, 1.165) is 25.2 Å². The fourth-order valence-corrected chi connectivity index (χ4v) is 7.27. The fraction of sp³-hybridized carbons (Fsp3) is 1.00. The van der Waals surface area contributed by atoms with Gasteiger partial charge in [0.05, 0.1) is 12.2 Å². The van der Waals surface area contributed by atoms with E-state index in [9.17, 15) is 10.2 Å². The highest BCUT2D eigenvalue weighted by Crippen LogP contribution is 2.66. The normalized spacial score (nSPS) is 60.0. The zero-order chi connectivity index (χ0) is 14.8. The lowest BCUT2D eigenvalue weighted by atomic mass is 9.44. The van der Waals surface area contributed by atoms with E-state index in [2.05, 4.69) is 13.8 Å². The molecule has 0 bridgehead atoms. The number of hydrogen-bond acceptors (Lipinski definition) is 2. The van der Waals surface area contributed by atoms with E-state index in [1.54, 1.807) is 0 Å². The van der Waals surface area contributed by atoms with Crippen LogP contribution in [-0.4, -0.2) is 22.4 Å². The van der Waals surface area contributed by atoms with Crippen molar-refractivity contribution in [3.63, 3.8) is 0 Å². The van der Waals surface area contributed by atoms with E-state index in [1.807, 2.05) is 0 Å². The summed E-state index contributed by atoms with van der Waals surface area (Å²) in [7, 11) is 0. The van der Waals surface area contributed by atoms with E-state index in [-0.39, 0.29) is 17.6 Å². The largest absolute Gasteiger partial charge is 0.393 e. The summed E-state index contributed by atoms with van der Waals surface area (Å²) in [5.74, 6) is 2.54. The maximum Gasteiger partial charge on any atom is 0.0600 e. The summed E-state index contributed by atoms with van der Waals surface area (Å²) >= 11 is 0. The van der Waals surface area contributed by atoms with Crippen LogP contribution in [0.2, 0.25) is 0 Å². The van der Waals surface area contributed by atoms with E-state index in [1.165, 1.54) is 38.5 Å². The lowest BCUT2D eigenvalue weighted by molar-refractivity contribution is -0.167. The third-order valence-corrected chi connectivity index (χ3v) is 8.52. The molecule has 4 rings (SSSR count). The summed E-state index contributed by atoms with van der Waals surface area (Å²) in [6, 6.07) is 0. The minimum Gasteiger partial charge on any atom is -0.393 e. The molecule has 4 saturated carbocycles. The number of aliphatic hydroxyl groups excluding tert-OH is 2. The monoisotopic (exact) mass is 292 g/mol. The molecule has 4 aliphatic carbocycles. The van der Waals surface area contributed by atoms with Crippen LogP contribution < -0.4 is 0 Å². The van der Waals surface area contributed by atoms with Crippen LogP contribution in [0.3, 0.4) is 0 Å². The standard InChI is InChI=1S/C19H32O2/c1-18-9-4-3-5-12(18)6-7-13-14(18)11-16(21)19(2)10-8-15(20)17(13)19/h12-17,20-21H,3-11H2,1-2H3/t12-,13?,14?,15+,16?,17?,18?,19?/m1/s1. The second-order valence-corrected chi connectivity index (χ2v) is 9.19. The first kappa shape index (κ1) is 14.5. The van der Waals surface area contributed by atoms with Gasteiger partial charge in [0.1, 0.15) is 0 Å². The van der Waals surface area contributed by atoms with E-state index in [4.69, 9.17) is 0 Å². The molecular formula is C19H32O2. The molecule has 2 heteroatoms. The minimum absolute atomic E-state index is 0.0154. The molecular weight excluding hydrogens is 260 g/mol. The van der Waals surface area contributed by atoms with Crippen LogP contribution in [-0.2, 0) is 0 Å². The number of fused-ring (bicyclic) bond motifs is 5. The van der Waals surface area contributed by atoms with Gasteiger partial charge >= 0.3 is 0 Å². The molecule has 2 nitrogen and oxygen atoms in total. The van der Waals surface area contributed by atoms with Crippen molar-refractivity contribution in [2.75, 3.05) is 0 Å². The maximum atomic E-state index is 10.9. The van der Waals surface area contributed by atoms with Crippen LogP contribution in [0.4, 0.5) is 0 Å². The molecule has 0 aromatic carbocycles. The van der Waals surface area contributed by atoms with Crippen molar-refractivity contribution < 1.29 is 10.2 Å². The summed E-state index contributed by atoms with van der Waals surface area (Å²) in [6.45, 7) is 4.77. The Balaban J connectivity index is 1.70. The Labute approximate surface area is 129 Å². The molecule has 2 N–H and O–H groups in total. The van der Waals surface area contributed by atoms with Gasteiger partial charge in [0.2, 0.25) is 0 Å². The Morgan fingerprint density at radius 1 is 0.857 bits per heavy atom. The number of aliphatic hydroxyl groups is 2. The summed E-state index contributed by atoms with van der Waals surface area (Å²) in [5, 5.41) is 21.5. The molecule has 4 fully saturated rings. The predicted octanol–water partition coefficient (Wildman–Crippen LogP) is 3.75. The lowest BCUT2D eigenvalue weighted by Gasteiger charge is -2.61. The second kappa shape index (κ2) is 4.71. The van der Waals surface area contributed by atoms with Crippen molar-refractivity contribution in [3.05, 3.63) is 0 Å². The molecule has 0 aromatic heterocycles. The highest BCUT2D eigenvalue weighted by Gasteiger charge is 2.62. The molecule has 4 aliphatic rings. The highest BCUT2D eigenvalue weighted by molar-refractivity contribution is 5.11. The van der Waals surface area contributed by atoms with Crippen molar-refractivity contribution in [3.8, 4) is 0 Å². The Morgan fingerprint density at radius 2 is 1.67 bits per heavy atom. The van der Waals surface area contributed by atoms with Gasteiger partial charge in [0.15, 0.2) is 0 Å². The fourth-order valence-electron chi connectivity index (χ4n) is 7.27. The van der Waals surface area contributed by atoms with Gasteiger partial charge in [-0.3, -0.25) is 0 Å². The molecule has 0 radical (unpaired) electrons. The zero-order valence-corrected chi connectivity index (χ0v) is 13.7. The number of rotatable bonds is 0. The van der Waals surface area contributed by atoms with Crippen molar-refractivity contribution in [1.29, 1.82) is 0 Å². The third kappa shape index (κ3) is 1.84. The van der Waals surface area contributed by atoms with Gasteiger partial charge in [0, 0.05) is 0 Å². The van der Waals surface area contributed by atoms with E-state index in [0.29, 0.717) is 23.2 Å². The van der Waals surface area contributed by atoms with Gasteiger partial charge in [-0.15, -0.1) is 0 Å². The highest BCUT2D eigenvalue weighted by atomic mass is 16.3. The Morgan fingerprint density at radius 3 is 2.48 bits per heavy atom. The van der Waals surface area contributed by atoms with Crippen molar-refractivity contribution in [2.45, 2.75) is 83.8 Å². The molecule has 0 aliphatic heterocycles. The number of hydrogen-bond donors (Lipinski definition) is 2. The van der Waals surface area contributed by atoms with Gasteiger partial charge in [-0.1, -0.05) is 26.7 Å². The quantitative estimate of drug-likeness (QED) is 0.714. The minimum atomic E-state index is -0.196. The molecule has 0 amide bonds. The van der Waals surface area contributed by atoms with Crippen molar-refractivity contribution in [2.24, 2.45) is 34.5 Å². The van der Waals surface area contributed by atoms with Crippen LogP contribution in [0.25, 0.3) is 0 Å². The molecule has 120 valence electrons. The first-order valence-corrected chi connectivity index (χ1v) is 9.33. The van der Waals surface area contributed by atoms with Crippen LogP contribution in [0, 0.1) is 34.5 Å². The summed E-state index contributed by atoms with van der Waals surface area (Å²) in [6.07, 6.45) is 10.8. The van der Waals surface area contributed by atoms with Gasteiger partial charge in [0.25, 0.3) is 0 Å². The smallest absolute Gasteiger partial charge is 0.0600 e. The molecule has 0 spiro atoms. The topological polar surface area (TPSA) is 40.5 Å². The summed E-state index contributed by atoms with van der Waals surface area (Å²) < 4.78 is 0. The first-order chi connectivity index (χ1) is 9.97. The SMILES string of the molecule is CC12CC[C@H](O)C1C1CC[C@H]3CCCCC3(C)C1CC2O. The lowest BCUT2D eigenvalue weighted by Crippen LogP contribution is -2.57. The molecule has 6 unspecified atom stereocenters. The van der Waals surface area contributed by atoms with Crippen LogP contribution in [0.15, 0.2) is 0 Å². The zero-order valence-electron chi connectivity index (χ0n) is 13.7. The molecule has 0 heterocycles. The van der Waals surface area contributed by atoms with Gasteiger partial charge in [-0.25, -0.2) is 0 Å². The van der Waals surface area contributed by atoms with E-state index >= 15 is 0 Å². The molecule has 0 aromatic rings. The van der Waals surface area contributed by atoms with Gasteiger partial charge in [-0.2, -0.15) is 0 Å². The van der Waals surface area contributed by atoms with Crippen molar-refractivity contribution >= 4 is 0 Å². The summed E-state index contributed by atoms with van der Waals surface area (Å²) in [5.41, 5.74) is 0.421. The Kier molecular flexibility index (Phi) is 3.25. The molecule has 8 atom stereocenters.